The van der Waals surface area contributed by atoms with E-state index in [2.05, 4.69) is 43.8 Å². The molecule has 0 unspecified atom stereocenters. The van der Waals surface area contributed by atoms with Gasteiger partial charge in [-0.05, 0) is 37.7 Å². The number of hydrogen-bond acceptors (Lipinski definition) is 0. The lowest BCUT2D eigenvalue weighted by atomic mass is 9.98. The molecule has 1 aromatic rings. The van der Waals surface area contributed by atoms with Crippen LogP contribution in [0.2, 0.25) is 0 Å². The van der Waals surface area contributed by atoms with Crippen molar-refractivity contribution in [2.45, 2.75) is 130 Å². The molecule has 0 radical (unpaired) electrons. The quantitative estimate of drug-likeness (QED) is 0.199. The lowest BCUT2D eigenvalue weighted by molar-refractivity contribution is -0.697. The van der Waals surface area contributed by atoms with Gasteiger partial charge in [-0.1, -0.05) is 85.0 Å². The van der Waals surface area contributed by atoms with Crippen LogP contribution in [0.4, 0.5) is 0 Å². The van der Waals surface area contributed by atoms with Crippen molar-refractivity contribution in [3.05, 3.63) is 29.6 Å². The van der Waals surface area contributed by atoms with Crippen LogP contribution in [0.1, 0.15) is 122 Å². The van der Waals surface area contributed by atoms with Crippen LogP contribution < -0.4 is 4.57 Å². The topological polar surface area (TPSA) is 3.88 Å². The van der Waals surface area contributed by atoms with Crippen LogP contribution in [0.25, 0.3) is 0 Å². The van der Waals surface area contributed by atoms with Crippen LogP contribution in [0.5, 0.6) is 0 Å². The van der Waals surface area contributed by atoms with Crippen molar-refractivity contribution in [2.24, 2.45) is 0 Å². The van der Waals surface area contributed by atoms with Crippen LogP contribution >= 0.6 is 0 Å². The predicted octanol–water partition coefficient (Wildman–Crippen LogP) is 7.58. The summed E-state index contributed by atoms with van der Waals surface area (Å²) in [6, 6.07) is 2.43. The summed E-state index contributed by atoms with van der Waals surface area (Å²) in [5, 5.41) is 0. The Balaban J connectivity index is 2.51. The van der Waals surface area contributed by atoms with E-state index < -0.39 is 0 Å². The Kier molecular flexibility index (Phi) is 14.6. The fraction of sp³-hybridized carbons (Fsp3) is 0.800. The second-order valence-corrected chi connectivity index (χ2v) is 8.12. The highest BCUT2D eigenvalue weighted by molar-refractivity contribution is 5.21. The Hall–Kier alpha value is -0.850. The maximum absolute atomic E-state index is 2.48. The molecule has 1 heteroatoms. The van der Waals surface area contributed by atoms with Crippen molar-refractivity contribution in [3.8, 4) is 0 Å². The third-order valence-electron chi connectivity index (χ3n) is 5.57. The molecule has 1 nitrogen and oxygen atoms in total. The smallest absolute Gasteiger partial charge is 0.172 e. The molecule has 0 amide bonds. The summed E-state index contributed by atoms with van der Waals surface area (Å²) in [6.07, 6.45) is 26.6. The Morgan fingerprint density at radius 3 is 1.69 bits per heavy atom. The zero-order chi connectivity index (χ0) is 18.9. The highest BCUT2D eigenvalue weighted by Crippen LogP contribution is 2.15. The molecule has 0 saturated heterocycles. The van der Waals surface area contributed by atoms with Gasteiger partial charge in [-0.2, -0.15) is 0 Å². The van der Waals surface area contributed by atoms with Gasteiger partial charge in [-0.25, -0.2) is 4.57 Å². The molecular weight excluding hydrogens is 314 g/mol. The highest BCUT2D eigenvalue weighted by atomic mass is 14.9. The van der Waals surface area contributed by atoms with Gasteiger partial charge in [0.1, 0.15) is 6.54 Å². The standard InChI is InChI=1S/C25H46N/c1-4-7-10-13-14-17-21-26-22-20-24(18-15-11-8-5-2)25(23-26)19-16-12-9-6-3/h20,22-23H,4-19,21H2,1-3H3/q+1. The Morgan fingerprint density at radius 1 is 0.577 bits per heavy atom. The Bertz CT molecular complexity index is 438. The lowest BCUT2D eigenvalue weighted by Crippen LogP contribution is -2.33. The summed E-state index contributed by atoms with van der Waals surface area (Å²) in [5.74, 6) is 0. The summed E-state index contributed by atoms with van der Waals surface area (Å²) < 4.78 is 2.46. The van der Waals surface area contributed by atoms with E-state index in [0.29, 0.717) is 0 Å². The maximum atomic E-state index is 2.48. The minimum Gasteiger partial charge on any atom is -0.205 e. The number of aryl methyl sites for hydroxylation is 3. The second-order valence-electron chi connectivity index (χ2n) is 8.12. The summed E-state index contributed by atoms with van der Waals surface area (Å²) >= 11 is 0. The normalized spacial score (nSPS) is 11.2. The SMILES string of the molecule is CCCCCCCC[n+]1ccc(CCCCCC)c(CCCCCC)c1. The van der Waals surface area contributed by atoms with Crippen molar-refractivity contribution in [2.75, 3.05) is 0 Å². The van der Waals surface area contributed by atoms with Crippen LogP contribution in [-0.2, 0) is 19.4 Å². The van der Waals surface area contributed by atoms with Crippen molar-refractivity contribution in [3.63, 3.8) is 0 Å². The molecule has 1 heterocycles. The number of pyridine rings is 1. The highest BCUT2D eigenvalue weighted by Gasteiger charge is 2.09. The first-order valence-corrected chi connectivity index (χ1v) is 11.8. The van der Waals surface area contributed by atoms with Crippen molar-refractivity contribution in [1.29, 1.82) is 0 Å². The fourth-order valence-corrected chi connectivity index (χ4v) is 3.79. The maximum Gasteiger partial charge on any atom is 0.172 e. The van der Waals surface area contributed by atoms with Crippen LogP contribution in [0.3, 0.4) is 0 Å². The van der Waals surface area contributed by atoms with Gasteiger partial charge in [0.05, 0.1) is 0 Å². The van der Waals surface area contributed by atoms with E-state index >= 15 is 0 Å². The molecule has 0 aliphatic heterocycles. The van der Waals surface area contributed by atoms with E-state index in [1.807, 2.05) is 0 Å². The van der Waals surface area contributed by atoms with Gasteiger partial charge in [0.25, 0.3) is 0 Å². The van der Waals surface area contributed by atoms with Gasteiger partial charge < -0.3 is 0 Å². The molecule has 0 atom stereocenters. The van der Waals surface area contributed by atoms with Crippen molar-refractivity contribution in [1.82, 2.24) is 0 Å². The van der Waals surface area contributed by atoms with Gasteiger partial charge in [0.2, 0.25) is 0 Å². The summed E-state index contributed by atoms with van der Waals surface area (Å²) in [5.41, 5.74) is 3.25. The van der Waals surface area contributed by atoms with Gasteiger partial charge in [-0.15, -0.1) is 0 Å². The number of rotatable bonds is 17. The Labute approximate surface area is 164 Å². The molecule has 0 spiro atoms. The third kappa shape index (κ3) is 11.0. The molecule has 0 saturated carbocycles. The summed E-state index contributed by atoms with van der Waals surface area (Å²) in [7, 11) is 0. The Morgan fingerprint density at radius 2 is 1.08 bits per heavy atom. The molecule has 150 valence electrons. The number of nitrogens with zero attached hydrogens (tertiary/aromatic N) is 1. The van der Waals surface area contributed by atoms with E-state index in [-0.39, 0.29) is 0 Å². The largest absolute Gasteiger partial charge is 0.205 e. The van der Waals surface area contributed by atoms with Crippen molar-refractivity contribution < 1.29 is 4.57 Å². The van der Waals surface area contributed by atoms with E-state index in [1.54, 1.807) is 11.1 Å². The van der Waals surface area contributed by atoms with E-state index in [1.165, 1.54) is 109 Å². The summed E-state index contributed by atoms with van der Waals surface area (Å²) in [6.45, 7) is 8.09. The molecule has 0 N–H and O–H groups in total. The van der Waals surface area contributed by atoms with Crippen molar-refractivity contribution >= 4 is 0 Å². The van der Waals surface area contributed by atoms with E-state index in [9.17, 15) is 0 Å². The minimum absolute atomic E-state index is 1.20. The second kappa shape index (κ2) is 16.3. The molecule has 0 fully saturated rings. The molecule has 0 aliphatic carbocycles. The first-order chi connectivity index (χ1) is 12.8. The molecule has 1 rings (SSSR count). The van der Waals surface area contributed by atoms with Gasteiger partial charge in [-0.3, -0.25) is 0 Å². The monoisotopic (exact) mass is 360 g/mol. The van der Waals surface area contributed by atoms with Crippen LogP contribution in [-0.4, -0.2) is 0 Å². The number of aromatic nitrogens is 1. The predicted molar refractivity (Wildman–Crippen MR) is 116 cm³/mol. The average Bonchev–Trinajstić information content (AvgIpc) is 2.66. The third-order valence-corrected chi connectivity index (χ3v) is 5.57. The molecule has 1 aromatic heterocycles. The first-order valence-electron chi connectivity index (χ1n) is 11.8. The number of unbranched alkanes of at least 4 members (excludes halogenated alkanes) is 11. The zero-order valence-electron chi connectivity index (χ0n) is 18.2. The fourth-order valence-electron chi connectivity index (χ4n) is 3.79. The molecule has 0 aliphatic rings. The molecule has 26 heavy (non-hydrogen) atoms. The van der Waals surface area contributed by atoms with Gasteiger partial charge in [0.15, 0.2) is 12.4 Å². The van der Waals surface area contributed by atoms with Crippen LogP contribution in [0.15, 0.2) is 18.5 Å². The van der Waals surface area contributed by atoms with E-state index in [0.717, 1.165) is 0 Å². The molecule has 0 bridgehead atoms. The summed E-state index contributed by atoms with van der Waals surface area (Å²) in [4.78, 5) is 0. The number of hydrogen-bond donors (Lipinski definition) is 0. The minimum atomic E-state index is 1.20. The molecule has 0 aromatic carbocycles. The molecular formula is C25H46N+. The van der Waals surface area contributed by atoms with Crippen LogP contribution in [0, 0.1) is 0 Å². The van der Waals surface area contributed by atoms with E-state index in [4.69, 9.17) is 0 Å². The first kappa shape index (κ1) is 23.2. The zero-order valence-corrected chi connectivity index (χ0v) is 18.2. The average molecular weight is 361 g/mol. The lowest BCUT2D eigenvalue weighted by Gasteiger charge is -2.09. The van der Waals surface area contributed by atoms with Gasteiger partial charge in [0, 0.05) is 18.1 Å². The van der Waals surface area contributed by atoms with Gasteiger partial charge >= 0.3 is 0 Å².